The molecule has 0 aromatic heterocycles. The van der Waals surface area contributed by atoms with Crippen LogP contribution in [0.5, 0.6) is 11.5 Å². The molecular weight excluding hydrogens is 295 g/mol. The van der Waals surface area contributed by atoms with Gasteiger partial charge in [0.2, 0.25) is 5.91 Å². The van der Waals surface area contributed by atoms with Crippen molar-refractivity contribution in [2.24, 2.45) is 0 Å². The Balaban J connectivity index is 2.28. The molecule has 0 saturated heterocycles. The Hall–Kier alpha value is -2.76. The Morgan fingerprint density at radius 1 is 1.14 bits per heavy atom. The van der Waals surface area contributed by atoms with Gasteiger partial charge in [-0.05, 0) is 36.4 Å². The summed E-state index contributed by atoms with van der Waals surface area (Å²) in [4.78, 5) is 11.3. The molecule has 0 fully saturated rings. The molecule has 2 aromatic carbocycles. The van der Waals surface area contributed by atoms with E-state index in [1.54, 1.807) is 24.3 Å². The number of carbonyl (C=O) groups is 1. The first-order valence-electron chi connectivity index (χ1n) is 6.27. The molecule has 6 heteroatoms. The van der Waals surface area contributed by atoms with E-state index in [0.29, 0.717) is 5.69 Å². The van der Waals surface area contributed by atoms with Crippen molar-refractivity contribution in [1.29, 1.82) is 0 Å². The van der Waals surface area contributed by atoms with Crippen LogP contribution in [0, 0.1) is 0 Å². The van der Waals surface area contributed by atoms with Gasteiger partial charge in [-0.3, -0.25) is 4.79 Å². The van der Waals surface area contributed by atoms with Gasteiger partial charge in [0.15, 0.2) is 5.75 Å². The van der Waals surface area contributed by atoms with Crippen molar-refractivity contribution in [1.82, 2.24) is 0 Å². The number of amides is 1. The van der Waals surface area contributed by atoms with E-state index in [1.165, 1.54) is 12.1 Å². The molecule has 0 bridgehead atoms. The topological polar surface area (TPSA) is 38.3 Å². The zero-order valence-electron chi connectivity index (χ0n) is 11.4. The zero-order chi connectivity index (χ0) is 16.2. The van der Waals surface area contributed by atoms with E-state index in [0.717, 1.165) is 18.2 Å². The standard InChI is InChI=1S/C16H12F3NO2/c1-2-15(21)20-13-8-3-4-9-14(13)22-12-7-5-6-11(10-12)16(17,18)19/h2-10H,1H2,(H,20,21). The normalized spacial score (nSPS) is 10.9. The number of anilines is 1. The minimum atomic E-state index is -4.45. The summed E-state index contributed by atoms with van der Waals surface area (Å²) in [5.41, 5.74) is -0.470. The van der Waals surface area contributed by atoms with Gasteiger partial charge in [0.25, 0.3) is 0 Å². The molecule has 0 aliphatic heterocycles. The summed E-state index contributed by atoms with van der Waals surface area (Å²) in [6, 6.07) is 10.9. The van der Waals surface area contributed by atoms with Crippen LogP contribution in [0.15, 0.2) is 61.2 Å². The number of alkyl halides is 3. The smallest absolute Gasteiger partial charge is 0.416 e. The predicted molar refractivity (Wildman–Crippen MR) is 76.8 cm³/mol. The molecule has 0 unspecified atom stereocenters. The Morgan fingerprint density at radius 3 is 2.55 bits per heavy atom. The number of rotatable bonds is 4. The van der Waals surface area contributed by atoms with E-state index in [9.17, 15) is 18.0 Å². The summed E-state index contributed by atoms with van der Waals surface area (Å²) in [5, 5.41) is 2.52. The zero-order valence-corrected chi connectivity index (χ0v) is 11.4. The van der Waals surface area contributed by atoms with Crippen LogP contribution in [-0.2, 0) is 11.0 Å². The van der Waals surface area contributed by atoms with Crippen molar-refractivity contribution in [3.05, 3.63) is 66.7 Å². The first kappa shape index (κ1) is 15.6. The van der Waals surface area contributed by atoms with E-state index < -0.39 is 17.6 Å². The third-order valence-electron chi connectivity index (χ3n) is 2.72. The summed E-state index contributed by atoms with van der Waals surface area (Å²) in [6.45, 7) is 3.33. The number of para-hydroxylation sites is 2. The number of halogens is 3. The molecule has 0 radical (unpaired) electrons. The van der Waals surface area contributed by atoms with Crippen molar-refractivity contribution in [2.75, 3.05) is 5.32 Å². The lowest BCUT2D eigenvalue weighted by Gasteiger charge is -2.13. The lowest BCUT2D eigenvalue weighted by Crippen LogP contribution is -2.08. The molecular formula is C16H12F3NO2. The van der Waals surface area contributed by atoms with Crippen LogP contribution in [0.1, 0.15) is 5.56 Å². The molecule has 0 spiro atoms. The number of hydrogen-bond acceptors (Lipinski definition) is 2. The van der Waals surface area contributed by atoms with Crippen molar-refractivity contribution in [2.45, 2.75) is 6.18 Å². The number of hydrogen-bond donors (Lipinski definition) is 1. The van der Waals surface area contributed by atoms with Crippen molar-refractivity contribution < 1.29 is 22.7 Å². The minimum absolute atomic E-state index is 0.0233. The Bertz CT molecular complexity index is 696. The fourth-order valence-corrected chi connectivity index (χ4v) is 1.71. The van der Waals surface area contributed by atoms with Gasteiger partial charge < -0.3 is 10.1 Å². The molecule has 0 atom stereocenters. The van der Waals surface area contributed by atoms with Crippen LogP contribution in [0.4, 0.5) is 18.9 Å². The van der Waals surface area contributed by atoms with Crippen molar-refractivity contribution in [3.63, 3.8) is 0 Å². The molecule has 0 heterocycles. The van der Waals surface area contributed by atoms with Gasteiger partial charge in [-0.1, -0.05) is 24.8 Å². The number of benzene rings is 2. The van der Waals surface area contributed by atoms with Gasteiger partial charge in [0.05, 0.1) is 11.3 Å². The molecule has 2 aromatic rings. The van der Waals surface area contributed by atoms with Crippen molar-refractivity contribution >= 4 is 11.6 Å². The van der Waals surface area contributed by atoms with Gasteiger partial charge in [0.1, 0.15) is 5.75 Å². The first-order valence-corrected chi connectivity index (χ1v) is 6.27. The lowest BCUT2D eigenvalue weighted by molar-refractivity contribution is -0.137. The number of carbonyl (C=O) groups excluding carboxylic acids is 1. The van der Waals surface area contributed by atoms with Gasteiger partial charge in [0, 0.05) is 0 Å². The average molecular weight is 307 g/mol. The van der Waals surface area contributed by atoms with Crippen LogP contribution >= 0.6 is 0 Å². The van der Waals surface area contributed by atoms with E-state index in [-0.39, 0.29) is 11.5 Å². The summed E-state index contributed by atoms with van der Waals surface area (Å²) >= 11 is 0. The molecule has 114 valence electrons. The summed E-state index contributed by atoms with van der Waals surface area (Å²) in [7, 11) is 0. The third kappa shape index (κ3) is 3.88. The van der Waals surface area contributed by atoms with Gasteiger partial charge in [-0.2, -0.15) is 13.2 Å². The number of ether oxygens (including phenoxy) is 1. The molecule has 3 nitrogen and oxygen atoms in total. The maximum Gasteiger partial charge on any atom is 0.416 e. The Labute approximate surface area is 125 Å². The van der Waals surface area contributed by atoms with Crippen LogP contribution in [-0.4, -0.2) is 5.91 Å². The van der Waals surface area contributed by atoms with Gasteiger partial charge in [-0.25, -0.2) is 0 Å². The second-order valence-electron chi connectivity index (χ2n) is 4.32. The fraction of sp³-hybridized carbons (Fsp3) is 0.0625. The molecule has 2 rings (SSSR count). The van der Waals surface area contributed by atoms with Gasteiger partial charge in [-0.15, -0.1) is 0 Å². The predicted octanol–water partition coefficient (Wildman–Crippen LogP) is 4.62. The van der Waals surface area contributed by atoms with E-state index in [2.05, 4.69) is 11.9 Å². The summed E-state index contributed by atoms with van der Waals surface area (Å²) < 4.78 is 43.5. The molecule has 1 N–H and O–H groups in total. The molecule has 1 amide bonds. The number of nitrogens with one attached hydrogen (secondary N) is 1. The Kier molecular flexibility index (Phi) is 4.50. The van der Waals surface area contributed by atoms with E-state index in [1.807, 2.05) is 0 Å². The SMILES string of the molecule is C=CC(=O)Nc1ccccc1Oc1cccc(C(F)(F)F)c1. The van der Waals surface area contributed by atoms with Crippen LogP contribution in [0.25, 0.3) is 0 Å². The van der Waals surface area contributed by atoms with E-state index in [4.69, 9.17) is 4.74 Å². The van der Waals surface area contributed by atoms with E-state index >= 15 is 0 Å². The molecule has 22 heavy (non-hydrogen) atoms. The highest BCUT2D eigenvalue weighted by Gasteiger charge is 2.30. The highest BCUT2D eigenvalue weighted by Crippen LogP contribution is 2.34. The van der Waals surface area contributed by atoms with Crippen LogP contribution in [0.3, 0.4) is 0 Å². The maximum atomic E-state index is 12.7. The van der Waals surface area contributed by atoms with Crippen molar-refractivity contribution in [3.8, 4) is 11.5 Å². The van der Waals surface area contributed by atoms with Crippen LogP contribution < -0.4 is 10.1 Å². The first-order chi connectivity index (χ1) is 10.4. The largest absolute Gasteiger partial charge is 0.455 e. The average Bonchev–Trinajstić information content (AvgIpc) is 2.48. The highest BCUT2D eigenvalue weighted by atomic mass is 19.4. The quantitative estimate of drug-likeness (QED) is 0.837. The highest BCUT2D eigenvalue weighted by molar-refractivity contribution is 5.99. The monoisotopic (exact) mass is 307 g/mol. The maximum absolute atomic E-state index is 12.7. The third-order valence-corrected chi connectivity index (χ3v) is 2.72. The molecule has 0 saturated carbocycles. The molecule has 0 aliphatic rings. The molecule has 0 aliphatic carbocycles. The second-order valence-corrected chi connectivity index (χ2v) is 4.32. The Morgan fingerprint density at radius 2 is 1.86 bits per heavy atom. The fourth-order valence-electron chi connectivity index (χ4n) is 1.71. The summed E-state index contributed by atoms with van der Waals surface area (Å²) in [6.07, 6.45) is -3.36. The minimum Gasteiger partial charge on any atom is -0.455 e. The summed E-state index contributed by atoms with van der Waals surface area (Å²) in [5.74, 6) is -0.188. The second kappa shape index (κ2) is 6.34. The van der Waals surface area contributed by atoms with Gasteiger partial charge >= 0.3 is 6.18 Å². The lowest BCUT2D eigenvalue weighted by atomic mass is 10.2. The van der Waals surface area contributed by atoms with Crippen LogP contribution in [0.2, 0.25) is 0 Å².